The lowest BCUT2D eigenvalue weighted by molar-refractivity contribution is 0.561. The summed E-state index contributed by atoms with van der Waals surface area (Å²) >= 11 is 0. The van der Waals surface area contributed by atoms with Gasteiger partial charge in [-0.1, -0.05) is 6.07 Å². The molecule has 17 heavy (non-hydrogen) atoms. The fourth-order valence-corrected chi connectivity index (χ4v) is 1.89. The Morgan fingerprint density at radius 2 is 2.18 bits per heavy atom. The van der Waals surface area contributed by atoms with Crippen LogP contribution in [0.15, 0.2) is 28.8 Å². The first kappa shape index (κ1) is 9.89. The second-order valence-corrected chi connectivity index (χ2v) is 3.98. The Kier molecular flexibility index (Phi) is 1.95. The average Bonchev–Trinajstić information content (AvgIpc) is 2.81. The predicted octanol–water partition coefficient (Wildman–Crippen LogP) is 2.12. The molecule has 0 aliphatic carbocycles. The topological polar surface area (TPSA) is 69.9 Å². The summed E-state index contributed by atoms with van der Waals surface area (Å²) in [7, 11) is 1.88. The van der Waals surface area contributed by atoms with Crippen molar-refractivity contribution in [3.8, 4) is 11.3 Å². The van der Waals surface area contributed by atoms with Gasteiger partial charge in [-0.3, -0.25) is 0 Å². The molecule has 0 unspecified atom stereocenters. The van der Waals surface area contributed by atoms with Crippen molar-refractivity contribution in [3.05, 3.63) is 30.3 Å². The summed E-state index contributed by atoms with van der Waals surface area (Å²) in [5.41, 5.74) is 9.32. The standard InChI is InChI=1S/C12H12N4O/c1-7-15-9-4-3-8(5-11(9)17-7)10-6-14-12(13)16(10)2/h3-6H,1-2H3,(H2,13,14). The smallest absolute Gasteiger partial charge is 0.200 e. The van der Waals surface area contributed by atoms with Crippen molar-refractivity contribution in [2.45, 2.75) is 6.92 Å². The number of aryl methyl sites for hydroxylation is 1. The minimum absolute atomic E-state index is 0.494. The number of aromatic nitrogens is 3. The van der Waals surface area contributed by atoms with Crippen LogP contribution in [0.4, 0.5) is 5.95 Å². The third-order valence-electron chi connectivity index (χ3n) is 2.82. The zero-order valence-electron chi connectivity index (χ0n) is 9.64. The van der Waals surface area contributed by atoms with E-state index >= 15 is 0 Å². The minimum atomic E-state index is 0.494. The van der Waals surface area contributed by atoms with E-state index in [1.165, 1.54) is 0 Å². The highest BCUT2D eigenvalue weighted by Crippen LogP contribution is 2.25. The average molecular weight is 228 g/mol. The molecule has 0 atom stereocenters. The highest BCUT2D eigenvalue weighted by atomic mass is 16.3. The molecule has 2 aromatic heterocycles. The molecule has 0 aliphatic heterocycles. The van der Waals surface area contributed by atoms with Crippen LogP contribution in [0, 0.1) is 6.92 Å². The van der Waals surface area contributed by atoms with Crippen LogP contribution in [0.3, 0.4) is 0 Å². The molecule has 0 saturated heterocycles. The molecule has 86 valence electrons. The normalized spacial score (nSPS) is 11.2. The van der Waals surface area contributed by atoms with Crippen molar-refractivity contribution in [3.63, 3.8) is 0 Å². The maximum absolute atomic E-state index is 5.71. The van der Waals surface area contributed by atoms with E-state index in [0.717, 1.165) is 22.4 Å². The van der Waals surface area contributed by atoms with E-state index in [9.17, 15) is 0 Å². The quantitative estimate of drug-likeness (QED) is 0.692. The summed E-state index contributed by atoms with van der Waals surface area (Å²) in [6.07, 6.45) is 1.75. The van der Waals surface area contributed by atoms with Crippen LogP contribution in [0.1, 0.15) is 5.89 Å². The molecule has 2 N–H and O–H groups in total. The van der Waals surface area contributed by atoms with Crippen LogP contribution in [0.25, 0.3) is 22.4 Å². The van der Waals surface area contributed by atoms with Gasteiger partial charge in [0.05, 0.1) is 11.9 Å². The molecule has 3 aromatic rings. The molecule has 0 radical (unpaired) electrons. The van der Waals surface area contributed by atoms with Crippen molar-refractivity contribution >= 4 is 17.0 Å². The lowest BCUT2D eigenvalue weighted by Crippen LogP contribution is -1.98. The van der Waals surface area contributed by atoms with Gasteiger partial charge in [0, 0.05) is 19.5 Å². The minimum Gasteiger partial charge on any atom is -0.441 e. The molecule has 2 heterocycles. The Balaban J connectivity index is 2.20. The third kappa shape index (κ3) is 1.47. The lowest BCUT2D eigenvalue weighted by atomic mass is 10.1. The molecule has 0 saturated carbocycles. The molecule has 3 rings (SSSR count). The van der Waals surface area contributed by atoms with E-state index in [1.54, 1.807) is 6.20 Å². The third-order valence-corrected chi connectivity index (χ3v) is 2.82. The van der Waals surface area contributed by atoms with Gasteiger partial charge >= 0.3 is 0 Å². The first-order chi connectivity index (χ1) is 8.15. The van der Waals surface area contributed by atoms with Crippen molar-refractivity contribution < 1.29 is 4.42 Å². The summed E-state index contributed by atoms with van der Waals surface area (Å²) in [5, 5.41) is 0. The number of imidazole rings is 1. The number of hydrogen-bond donors (Lipinski definition) is 1. The molecule has 5 nitrogen and oxygen atoms in total. The van der Waals surface area contributed by atoms with Crippen LogP contribution < -0.4 is 5.73 Å². The summed E-state index contributed by atoms with van der Waals surface area (Å²) < 4.78 is 7.34. The zero-order valence-corrected chi connectivity index (χ0v) is 9.64. The van der Waals surface area contributed by atoms with Crippen molar-refractivity contribution in [1.82, 2.24) is 14.5 Å². The number of hydrogen-bond acceptors (Lipinski definition) is 4. The molecular weight excluding hydrogens is 216 g/mol. The molecule has 1 aromatic carbocycles. The molecule has 0 amide bonds. The van der Waals surface area contributed by atoms with E-state index in [0.29, 0.717) is 11.8 Å². The summed E-state index contributed by atoms with van der Waals surface area (Å²) in [6, 6.07) is 5.87. The van der Waals surface area contributed by atoms with Gasteiger partial charge in [-0.2, -0.15) is 0 Å². The molecule has 5 heteroatoms. The van der Waals surface area contributed by atoms with Crippen molar-refractivity contribution in [2.75, 3.05) is 5.73 Å². The van der Waals surface area contributed by atoms with Gasteiger partial charge in [0.1, 0.15) is 5.52 Å². The number of rotatable bonds is 1. The van der Waals surface area contributed by atoms with Crippen LogP contribution in [0.5, 0.6) is 0 Å². The van der Waals surface area contributed by atoms with Crippen molar-refractivity contribution in [2.24, 2.45) is 7.05 Å². The number of nitrogens with zero attached hydrogens (tertiary/aromatic N) is 3. The fourth-order valence-electron chi connectivity index (χ4n) is 1.89. The first-order valence-corrected chi connectivity index (χ1v) is 5.30. The van der Waals surface area contributed by atoms with Crippen LogP contribution in [-0.2, 0) is 7.05 Å². The first-order valence-electron chi connectivity index (χ1n) is 5.30. The van der Waals surface area contributed by atoms with Gasteiger partial charge in [0.2, 0.25) is 0 Å². The lowest BCUT2D eigenvalue weighted by Gasteiger charge is -2.02. The highest BCUT2D eigenvalue weighted by molar-refractivity contribution is 5.79. The Hall–Kier alpha value is -2.30. The predicted molar refractivity (Wildman–Crippen MR) is 65.4 cm³/mol. The van der Waals surface area contributed by atoms with E-state index < -0.39 is 0 Å². The number of benzene rings is 1. The summed E-state index contributed by atoms with van der Waals surface area (Å²) in [5.74, 6) is 1.16. The van der Waals surface area contributed by atoms with Gasteiger partial charge in [-0.15, -0.1) is 0 Å². The Bertz CT molecular complexity index is 696. The monoisotopic (exact) mass is 228 g/mol. The zero-order chi connectivity index (χ0) is 12.0. The number of fused-ring (bicyclic) bond motifs is 1. The fraction of sp³-hybridized carbons (Fsp3) is 0.167. The maximum Gasteiger partial charge on any atom is 0.200 e. The van der Waals surface area contributed by atoms with E-state index in [2.05, 4.69) is 9.97 Å². The second kappa shape index (κ2) is 3.35. The van der Waals surface area contributed by atoms with E-state index in [-0.39, 0.29) is 0 Å². The van der Waals surface area contributed by atoms with Crippen molar-refractivity contribution in [1.29, 1.82) is 0 Å². The Morgan fingerprint density at radius 3 is 2.88 bits per heavy atom. The van der Waals surface area contributed by atoms with E-state index in [4.69, 9.17) is 10.2 Å². The summed E-state index contributed by atoms with van der Waals surface area (Å²) in [4.78, 5) is 8.33. The number of nitrogen functional groups attached to an aromatic ring is 1. The Labute approximate surface area is 97.9 Å². The van der Waals surface area contributed by atoms with Crippen LogP contribution >= 0.6 is 0 Å². The van der Waals surface area contributed by atoms with Crippen LogP contribution in [-0.4, -0.2) is 14.5 Å². The van der Waals surface area contributed by atoms with Gasteiger partial charge in [0.15, 0.2) is 17.4 Å². The Morgan fingerprint density at radius 1 is 1.35 bits per heavy atom. The molecule has 0 fully saturated rings. The van der Waals surface area contributed by atoms with Gasteiger partial charge in [0.25, 0.3) is 0 Å². The molecule has 0 spiro atoms. The molecular formula is C12H12N4O. The molecule has 0 aliphatic rings. The SMILES string of the molecule is Cc1nc2ccc(-c3cnc(N)n3C)cc2o1. The number of nitrogens with two attached hydrogens (primary N) is 1. The second-order valence-electron chi connectivity index (χ2n) is 3.98. The molecule has 0 bridgehead atoms. The number of oxazole rings is 1. The van der Waals surface area contributed by atoms with Gasteiger partial charge < -0.3 is 14.7 Å². The number of anilines is 1. The largest absolute Gasteiger partial charge is 0.441 e. The van der Waals surface area contributed by atoms with Crippen LogP contribution in [0.2, 0.25) is 0 Å². The van der Waals surface area contributed by atoms with Gasteiger partial charge in [-0.05, 0) is 12.1 Å². The maximum atomic E-state index is 5.71. The summed E-state index contributed by atoms with van der Waals surface area (Å²) in [6.45, 7) is 1.84. The highest BCUT2D eigenvalue weighted by Gasteiger charge is 2.09. The van der Waals surface area contributed by atoms with Gasteiger partial charge in [-0.25, -0.2) is 9.97 Å². The van der Waals surface area contributed by atoms with E-state index in [1.807, 2.05) is 36.7 Å².